The molecule has 2 saturated heterocycles. The van der Waals surface area contributed by atoms with E-state index < -0.39 is 0 Å². The fourth-order valence-corrected chi connectivity index (χ4v) is 2.29. The number of hydrogen-bond acceptors (Lipinski definition) is 4. The van der Waals surface area contributed by atoms with E-state index in [0.717, 1.165) is 26.2 Å². The van der Waals surface area contributed by atoms with Crippen LogP contribution in [0.5, 0.6) is 0 Å². The summed E-state index contributed by atoms with van der Waals surface area (Å²) in [6.07, 6.45) is 2.56. The maximum Gasteiger partial charge on any atom is 0.0644 e. The van der Waals surface area contributed by atoms with E-state index in [9.17, 15) is 5.11 Å². The zero-order valence-corrected chi connectivity index (χ0v) is 8.61. The van der Waals surface area contributed by atoms with E-state index in [0.29, 0.717) is 12.6 Å². The van der Waals surface area contributed by atoms with Crippen LogP contribution < -0.4 is 5.32 Å². The van der Waals surface area contributed by atoms with E-state index in [1.807, 2.05) is 0 Å². The Labute approximate surface area is 85.2 Å². The quantitative estimate of drug-likeness (QED) is 0.640. The zero-order chi connectivity index (χ0) is 9.80. The van der Waals surface area contributed by atoms with E-state index in [1.165, 1.54) is 12.8 Å². The van der Waals surface area contributed by atoms with Crippen molar-refractivity contribution in [2.24, 2.45) is 0 Å². The summed E-state index contributed by atoms with van der Waals surface area (Å²) < 4.78 is 5.35. The molecule has 0 aromatic rings. The summed E-state index contributed by atoms with van der Waals surface area (Å²) in [5.41, 5.74) is 0. The standard InChI is InChI=1S/C10H20N2O2/c13-7-10-8-14-5-4-12(10)6-9-2-1-3-11-9/h9-11,13H,1-8H2. The van der Waals surface area contributed by atoms with Gasteiger partial charge in [-0.2, -0.15) is 0 Å². The van der Waals surface area contributed by atoms with E-state index >= 15 is 0 Å². The summed E-state index contributed by atoms with van der Waals surface area (Å²) in [7, 11) is 0. The van der Waals surface area contributed by atoms with Crippen LogP contribution in [0.2, 0.25) is 0 Å². The molecule has 2 unspecified atom stereocenters. The number of ether oxygens (including phenoxy) is 1. The first-order valence-corrected chi connectivity index (χ1v) is 5.56. The molecule has 2 aliphatic rings. The number of rotatable bonds is 3. The highest BCUT2D eigenvalue weighted by molar-refractivity contribution is 4.82. The second-order valence-corrected chi connectivity index (χ2v) is 4.20. The molecule has 0 amide bonds. The number of aliphatic hydroxyl groups excluding tert-OH is 1. The van der Waals surface area contributed by atoms with Gasteiger partial charge >= 0.3 is 0 Å². The van der Waals surface area contributed by atoms with Crippen LogP contribution in [0.25, 0.3) is 0 Å². The molecule has 82 valence electrons. The highest BCUT2D eigenvalue weighted by Gasteiger charge is 2.25. The molecule has 2 rings (SSSR count). The topological polar surface area (TPSA) is 44.7 Å². The number of nitrogens with one attached hydrogen (secondary N) is 1. The molecule has 2 N–H and O–H groups in total. The van der Waals surface area contributed by atoms with Gasteiger partial charge in [-0.25, -0.2) is 0 Å². The molecule has 0 aliphatic carbocycles. The zero-order valence-electron chi connectivity index (χ0n) is 8.61. The fourth-order valence-electron chi connectivity index (χ4n) is 2.29. The third kappa shape index (κ3) is 2.45. The second-order valence-electron chi connectivity index (χ2n) is 4.20. The average Bonchev–Trinajstić information content (AvgIpc) is 2.71. The number of hydrogen-bond donors (Lipinski definition) is 2. The number of morpholine rings is 1. The Morgan fingerprint density at radius 2 is 2.43 bits per heavy atom. The van der Waals surface area contributed by atoms with Gasteiger partial charge < -0.3 is 15.2 Å². The summed E-state index contributed by atoms with van der Waals surface area (Å²) in [4.78, 5) is 2.35. The number of nitrogens with zero attached hydrogens (tertiary/aromatic N) is 1. The van der Waals surface area contributed by atoms with Crippen LogP contribution >= 0.6 is 0 Å². The Hall–Kier alpha value is -0.160. The van der Waals surface area contributed by atoms with Gasteiger partial charge in [0.25, 0.3) is 0 Å². The molecule has 0 aromatic heterocycles. The van der Waals surface area contributed by atoms with Crippen LogP contribution in [0.3, 0.4) is 0 Å². The van der Waals surface area contributed by atoms with Crippen LogP contribution in [0.1, 0.15) is 12.8 Å². The molecule has 0 aromatic carbocycles. The van der Waals surface area contributed by atoms with E-state index in [2.05, 4.69) is 10.2 Å². The maximum atomic E-state index is 9.19. The molecular weight excluding hydrogens is 180 g/mol. The van der Waals surface area contributed by atoms with Crippen molar-refractivity contribution >= 4 is 0 Å². The molecule has 0 radical (unpaired) electrons. The molecule has 4 nitrogen and oxygen atoms in total. The molecule has 2 fully saturated rings. The van der Waals surface area contributed by atoms with Gasteiger partial charge in [0.05, 0.1) is 25.9 Å². The highest BCUT2D eigenvalue weighted by atomic mass is 16.5. The van der Waals surface area contributed by atoms with Crippen LogP contribution in [0.15, 0.2) is 0 Å². The SMILES string of the molecule is OCC1COCCN1CC1CCCN1. The number of aliphatic hydroxyl groups is 1. The van der Waals surface area contributed by atoms with Gasteiger partial charge in [0, 0.05) is 19.1 Å². The largest absolute Gasteiger partial charge is 0.395 e. The van der Waals surface area contributed by atoms with Crippen molar-refractivity contribution in [2.45, 2.75) is 24.9 Å². The normalized spacial score (nSPS) is 34.9. The predicted octanol–water partition coefficient (Wildman–Crippen LogP) is -0.568. The van der Waals surface area contributed by atoms with Gasteiger partial charge in [0.1, 0.15) is 0 Å². The van der Waals surface area contributed by atoms with Gasteiger partial charge in [0.15, 0.2) is 0 Å². The van der Waals surface area contributed by atoms with Crippen molar-refractivity contribution in [3.05, 3.63) is 0 Å². The minimum absolute atomic E-state index is 0.214. The summed E-state index contributed by atoms with van der Waals surface area (Å²) in [6.45, 7) is 4.88. The van der Waals surface area contributed by atoms with E-state index in [-0.39, 0.29) is 12.6 Å². The Bertz CT molecular complexity index is 172. The fraction of sp³-hybridized carbons (Fsp3) is 1.00. The lowest BCUT2D eigenvalue weighted by Crippen LogP contribution is -2.51. The van der Waals surface area contributed by atoms with Crippen LogP contribution in [-0.2, 0) is 4.74 Å². The summed E-state index contributed by atoms with van der Waals surface area (Å²) in [6, 6.07) is 0.841. The van der Waals surface area contributed by atoms with Crippen molar-refractivity contribution in [3.8, 4) is 0 Å². The lowest BCUT2D eigenvalue weighted by molar-refractivity contribution is -0.0301. The molecule has 0 bridgehead atoms. The Morgan fingerprint density at radius 3 is 3.14 bits per heavy atom. The maximum absolute atomic E-state index is 9.19. The van der Waals surface area contributed by atoms with Crippen LogP contribution in [0.4, 0.5) is 0 Å². The summed E-state index contributed by atoms with van der Waals surface area (Å²) >= 11 is 0. The monoisotopic (exact) mass is 200 g/mol. The predicted molar refractivity (Wildman–Crippen MR) is 54.3 cm³/mol. The molecule has 0 spiro atoms. The van der Waals surface area contributed by atoms with Crippen LogP contribution in [0, 0.1) is 0 Å². The van der Waals surface area contributed by atoms with Crippen molar-refractivity contribution < 1.29 is 9.84 Å². The smallest absolute Gasteiger partial charge is 0.0644 e. The first-order valence-electron chi connectivity index (χ1n) is 5.56. The van der Waals surface area contributed by atoms with Crippen molar-refractivity contribution in [2.75, 3.05) is 39.5 Å². The average molecular weight is 200 g/mol. The van der Waals surface area contributed by atoms with Gasteiger partial charge in [-0.15, -0.1) is 0 Å². The van der Waals surface area contributed by atoms with Gasteiger partial charge in [-0.05, 0) is 19.4 Å². The Balaban J connectivity index is 1.81. The van der Waals surface area contributed by atoms with Gasteiger partial charge in [-0.1, -0.05) is 0 Å². The van der Waals surface area contributed by atoms with Crippen molar-refractivity contribution in [1.82, 2.24) is 10.2 Å². The Morgan fingerprint density at radius 1 is 1.50 bits per heavy atom. The molecule has 14 heavy (non-hydrogen) atoms. The van der Waals surface area contributed by atoms with Crippen LogP contribution in [-0.4, -0.2) is 61.5 Å². The van der Waals surface area contributed by atoms with Crippen molar-refractivity contribution in [1.29, 1.82) is 0 Å². The minimum atomic E-state index is 0.214. The Kier molecular flexibility index (Phi) is 3.75. The summed E-state index contributed by atoms with van der Waals surface area (Å²) in [5.74, 6) is 0. The molecule has 2 aliphatic heterocycles. The van der Waals surface area contributed by atoms with Crippen molar-refractivity contribution in [3.63, 3.8) is 0 Å². The molecule has 4 heteroatoms. The second kappa shape index (κ2) is 5.07. The molecule has 0 saturated carbocycles. The van der Waals surface area contributed by atoms with Gasteiger partial charge in [-0.3, -0.25) is 4.90 Å². The highest BCUT2D eigenvalue weighted by Crippen LogP contribution is 2.11. The van der Waals surface area contributed by atoms with E-state index in [1.54, 1.807) is 0 Å². The first-order chi connectivity index (χ1) is 6.90. The van der Waals surface area contributed by atoms with Gasteiger partial charge in [0.2, 0.25) is 0 Å². The lowest BCUT2D eigenvalue weighted by atomic mass is 10.1. The molecular formula is C10H20N2O2. The minimum Gasteiger partial charge on any atom is -0.395 e. The third-order valence-corrected chi connectivity index (χ3v) is 3.18. The molecule has 2 atom stereocenters. The van der Waals surface area contributed by atoms with E-state index in [4.69, 9.17) is 4.74 Å². The summed E-state index contributed by atoms with van der Waals surface area (Å²) in [5, 5.41) is 12.7. The lowest BCUT2D eigenvalue weighted by Gasteiger charge is -2.35. The first kappa shape index (κ1) is 10.4. The third-order valence-electron chi connectivity index (χ3n) is 3.18. The molecule has 2 heterocycles.